The number of nitrogens with zero attached hydrogens (tertiary/aromatic N) is 3. The highest BCUT2D eigenvalue weighted by atomic mass is 16.5. The molecule has 2 unspecified atom stereocenters. The zero-order valence-electron chi connectivity index (χ0n) is 43.6. The number of unbranched alkanes of at least 4 members (excludes halogenated alkanes) is 7. The molecule has 8 heteroatoms. The number of aliphatic imine (C=N–C) groups is 2. The van der Waals surface area contributed by atoms with E-state index in [1.807, 2.05) is 97.9 Å². The summed E-state index contributed by atoms with van der Waals surface area (Å²) in [7, 11) is 1.65. The largest absolute Gasteiger partial charge is 0.507 e. The molecule has 0 spiro atoms. The number of nitriles is 1. The van der Waals surface area contributed by atoms with Gasteiger partial charge in [0.2, 0.25) is 0 Å². The maximum atomic E-state index is 11.4. The molecule has 0 saturated heterocycles. The van der Waals surface area contributed by atoms with E-state index in [0.717, 1.165) is 129 Å². The van der Waals surface area contributed by atoms with E-state index in [0.29, 0.717) is 65.8 Å². The van der Waals surface area contributed by atoms with Crippen LogP contribution >= 0.6 is 0 Å². The molecule has 1 N–H and O–H groups in total. The highest BCUT2D eigenvalue weighted by Gasteiger charge is 2.18. The Morgan fingerprint density at radius 1 is 0.606 bits per heavy atom. The average molecular weight is 958 g/mol. The number of phenolic OH excluding ortho intramolecular Hbond substituents is 1. The molecule has 0 aliphatic rings. The van der Waals surface area contributed by atoms with Crippen molar-refractivity contribution in [2.45, 2.75) is 131 Å². The van der Waals surface area contributed by atoms with Crippen LogP contribution in [-0.2, 0) is 0 Å². The van der Waals surface area contributed by atoms with Crippen LogP contribution in [0.25, 0.3) is 11.3 Å². The summed E-state index contributed by atoms with van der Waals surface area (Å²) in [5.74, 6) is 4.08. The quantitative estimate of drug-likeness (QED) is 0.0205. The molecule has 0 aliphatic heterocycles. The fraction of sp³-hybridized carbons (Fsp3) is 0.413. The van der Waals surface area contributed by atoms with E-state index in [1.54, 1.807) is 13.2 Å². The molecule has 5 aromatic rings. The molecule has 376 valence electrons. The van der Waals surface area contributed by atoms with Crippen LogP contribution in [0.3, 0.4) is 0 Å². The van der Waals surface area contributed by atoms with Crippen molar-refractivity contribution in [3.05, 3.63) is 161 Å². The van der Waals surface area contributed by atoms with Gasteiger partial charge in [0.05, 0.1) is 44.3 Å². The van der Waals surface area contributed by atoms with E-state index in [9.17, 15) is 10.4 Å². The lowest BCUT2D eigenvalue weighted by atomic mass is 9.91. The van der Waals surface area contributed by atoms with Crippen molar-refractivity contribution >= 4 is 22.8 Å². The Bertz CT molecular complexity index is 2460. The van der Waals surface area contributed by atoms with Gasteiger partial charge < -0.3 is 24.1 Å². The highest BCUT2D eigenvalue weighted by Crippen LogP contribution is 2.34. The third kappa shape index (κ3) is 18.0. The van der Waals surface area contributed by atoms with Gasteiger partial charge in [0, 0.05) is 34.6 Å². The van der Waals surface area contributed by atoms with Crippen molar-refractivity contribution in [3.63, 3.8) is 0 Å². The van der Waals surface area contributed by atoms with Crippen LogP contribution in [0.15, 0.2) is 143 Å². The maximum absolute atomic E-state index is 11.4. The molecule has 0 aliphatic carbocycles. The summed E-state index contributed by atoms with van der Waals surface area (Å²) in [5.41, 5.74) is 7.17. The molecule has 5 aromatic carbocycles. The number of benzene rings is 5. The Labute approximate surface area is 426 Å². The second-order valence-electron chi connectivity index (χ2n) is 18.5. The lowest BCUT2D eigenvalue weighted by Gasteiger charge is -2.18. The number of hydrogen-bond acceptors (Lipinski definition) is 7. The van der Waals surface area contributed by atoms with Crippen LogP contribution < -0.4 is 18.9 Å². The molecule has 0 aromatic heterocycles. The molecular weight excluding hydrogens is 879 g/mol. The first-order chi connectivity index (χ1) is 34.7. The third-order valence-electron chi connectivity index (χ3n) is 13.2. The van der Waals surface area contributed by atoms with E-state index in [1.165, 1.54) is 12.8 Å². The minimum absolute atomic E-state index is 0.0351. The first-order valence-electron chi connectivity index (χ1n) is 26.3. The van der Waals surface area contributed by atoms with Crippen LogP contribution in [0.2, 0.25) is 0 Å². The number of methoxy groups -OCH3 is 1. The van der Waals surface area contributed by atoms with Crippen molar-refractivity contribution in [1.82, 2.24) is 0 Å². The van der Waals surface area contributed by atoms with Crippen molar-refractivity contribution in [2.75, 3.05) is 26.9 Å². The summed E-state index contributed by atoms with van der Waals surface area (Å²) in [5, 5.41) is 21.6. The summed E-state index contributed by atoms with van der Waals surface area (Å²) in [4.78, 5) is 10.2. The Balaban J connectivity index is 1.34. The van der Waals surface area contributed by atoms with Gasteiger partial charge >= 0.3 is 0 Å². The number of phenols is 1. The minimum atomic E-state index is 0.0351. The normalized spacial score (nSPS) is 12.4. The smallest absolute Gasteiger partial charge is 0.163 e. The van der Waals surface area contributed by atoms with Crippen molar-refractivity contribution in [3.8, 4) is 34.8 Å². The molecule has 0 amide bonds. The Morgan fingerprint density at radius 3 is 1.68 bits per heavy atom. The molecule has 5 rings (SSSR count). The average Bonchev–Trinajstić information content (AvgIpc) is 3.40. The number of allylic oxidation sites excluding steroid dienone is 1. The minimum Gasteiger partial charge on any atom is -0.507 e. The molecule has 71 heavy (non-hydrogen) atoms. The molecule has 0 saturated carbocycles. The molecule has 0 radical (unpaired) electrons. The number of aromatic hydroxyl groups is 1. The van der Waals surface area contributed by atoms with Gasteiger partial charge in [0.1, 0.15) is 28.7 Å². The summed E-state index contributed by atoms with van der Waals surface area (Å²) < 4.78 is 24.7. The number of hydrogen-bond donors (Lipinski definition) is 1. The Hall–Kier alpha value is -6.59. The van der Waals surface area contributed by atoms with Crippen molar-refractivity contribution in [1.29, 1.82) is 5.26 Å². The number of amidine groups is 1. The summed E-state index contributed by atoms with van der Waals surface area (Å²) in [6.45, 7) is 16.9. The first-order valence-corrected chi connectivity index (χ1v) is 26.3. The van der Waals surface area contributed by atoms with Crippen LogP contribution in [0.1, 0.15) is 159 Å². The third-order valence-corrected chi connectivity index (χ3v) is 13.2. The number of ether oxygens (including phenoxy) is 4. The Kier molecular flexibility index (Phi) is 24.1. The zero-order valence-corrected chi connectivity index (χ0v) is 43.6. The van der Waals surface area contributed by atoms with Gasteiger partial charge in [-0.25, -0.2) is 9.98 Å². The molecule has 2 atom stereocenters. The molecule has 0 heterocycles. The van der Waals surface area contributed by atoms with Gasteiger partial charge in [-0.3, -0.25) is 0 Å². The van der Waals surface area contributed by atoms with E-state index in [2.05, 4.69) is 64.6 Å². The van der Waals surface area contributed by atoms with Crippen LogP contribution in [0.5, 0.6) is 28.7 Å². The molecular formula is C63H79N3O5. The van der Waals surface area contributed by atoms with Crippen LogP contribution in [0.4, 0.5) is 0 Å². The predicted octanol–water partition coefficient (Wildman–Crippen LogP) is 16.7. The van der Waals surface area contributed by atoms with E-state index >= 15 is 0 Å². The summed E-state index contributed by atoms with van der Waals surface area (Å²) >= 11 is 0. The summed E-state index contributed by atoms with van der Waals surface area (Å²) in [6, 6.07) is 42.0. The second-order valence-corrected chi connectivity index (χ2v) is 18.5. The lowest BCUT2D eigenvalue weighted by Crippen LogP contribution is -2.12. The SMILES string of the molecule is C=C(N=C(N=C(C)c1ccc(OC)cc1)c1ccc(OCC(CC)CCCC)cc1OCCCCCCCCC(C#N)=C(c1ccccc1)c1ccccc1)c1ccc(OCC(CC)CCCC)cc1O. The zero-order chi connectivity index (χ0) is 50.6. The lowest BCUT2D eigenvalue weighted by molar-refractivity contribution is 0.231. The summed E-state index contributed by atoms with van der Waals surface area (Å²) in [6.07, 6.45) is 15.8. The predicted molar refractivity (Wildman–Crippen MR) is 295 cm³/mol. The number of rotatable bonds is 31. The van der Waals surface area contributed by atoms with Gasteiger partial charge in [-0.1, -0.05) is 159 Å². The van der Waals surface area contributed by atoms with E-state index in [4.69, 9.17) is 28.9 Å². The molecule has 8 nitrogen and oxygen atoms in total. The highest BCUT2D eigenvalue weighted by molar-refractivity contribution is 6.13. The van der Waals surface area contributed by atoms with Crippen LogP contribution in [-0.4, -0.2) is 43.6 Å². The fourth-order valence-electron chi connectivity index (χ4n) is 8.61. The van der Waals surface area contributed by atoms with Gasteiger partial charge in [-0.15, -0.1) is 0 Å². The topological polar surface area (TPSA) is 106 Å². The van der Waals surface area contributed by atoms with E-state index in [-0.39, 0.29) is 5.75 Å². The molecule has 0 fully saturated rings. The van der Waals surface area contributed by atoms with Crippen molar-refractivity contribution in [2.24, 2.45) is 21.8 Å². The van der Waals surface area contributed by atoms with Gasteiger partial charge in [0.25, 0.3) is 0 Å². The standard InChI is InChI=1S/C63H79N3O5/c1-8-12-26-49(10-3)45-70-56-37-39-58(60(67)42-56)48(6)66-63(65-47(5)51-33-35-55(68-7)36-34-51)59-40-38-57(71-46-50(11-4)27-13-9-2)43-61(59)69-41-25-17-15-14-16-20-32-54(44-64)62(52-28-21-18-22-29-52)53-30-23-19-24-31-53/h18-19,21-24,28-31,33-40,42-43,49-50,67H,6,8-17,20,25-27,32,41,45-46H2,1-5,7H3. The monoisotopic (exact) mass is 958 g/mol. The van der Waals surface area contributed by atoms with Gasteiger partial charge in [-0.05, 0) is 116 Å². The van der Waals surface area contributed by atoms with Gasteiger partial charge in [-0.2, -0.15) is 5.26 Å². The van der Waals surface area contributed by atoms with Crippen LogP contribution in [0, 0.1) is 23.2 Å². The van der Waals surface area contributed by atoms with Crippen molar-refractivity contribution < 1.29 is 24.1 Å². The fourth-order valence-corrected chi connectivity index (χ4v) is 8.61. The van der Waals surface area contributed by atoms with E-state index < -0.39 is 0 Å². The Morgan fingerprint density at radius 2 is 1.14 bits per heavy atom. The molecule has 0 bridgehead atoms. The maximum Gasteiger partial charge on any atom is 0.163 e. The van der Waals surface area contributed by atoms with Gasteiger partial charge in [0.15, 0.2) is 5.84 Å². The first kappa shape index (κ1) is 55.3. The second kappa shape index (κ2) is 30.9.